The van der Waals surface area contributed by atoms with Crippen molar-refractivity contribution in [3.8, 4) is 16.9 Å². The zero-order valence-corrected chi connectivity index (χ0v) is 19.1. The lowest BCUT2D eigenvalue weighted by molar-refractivity contribution is 0.402. The number of aromatic nitrogens is 3. The third-order valence-corrected chi connectivity index (χ3v) is 6.13. The van der Waals surface area contributed by atoms with Crippen molar-refractivity contribution in [2.75, 3.05) is 25.5 Å². The van der Waals surface area contributed by atoms with E-state index in [4.69, 9.17) is 4.74 Å². The van der Waals surface area contributed by atoms with Gasteiger partial charge in [-0.25, -0.2) is 13.5 Å². The average molecular weight is 448 g/mol. The predicted molar refractivity (Wildman–Crippen MR) is 128 cm³/mol. The molecule has 0 aliphatic rings. The number of hydrogen-bond donors (Lipinski definition) is 0. The largest absolute Gasteiger partial charge is 0.497 e. The van der Waals surface area contributed by atoms with E-state index in [1.165, 1.54) is 22.3 Å². The molecule has 4 aromatic rings. The van der Waals surface area contributed by atoms with Crippen LogP contribution in [-0.2, 0) is 17.7 Å². The van der Waals surface area contributed by atoms with Gasteiger partial charge in [0.1, 0.15) is 18.4 Å². The van der Waals surface area contributed by atoms with Crippen molar-refractivity contribution in [1.29, 1.82) is 0 Å². The molecule has 0 saturated carbocycles. The van der Waals surface area contributed by atoms with Crippen LogP contribution >= 0.6 is 0 Å². The fourth-order valence-corrected chi connectivity index (χ4v) is 4.41. The molecular weight excluding hydrogens is 422 g/mol. The van der Waals surface area contributed by atoms with Crippen LogP contribution in [0.3, 0.4) is 0 Å². The third kappa shape index (κ3) is 4.87. The van der Waals surface area contributed by atoms with Gasteiger partial charge in [0.05, 0.1) is 18.5 Å². The molecule has 7 nitrogen and oxygen atoms in total. The minimum atomic E-state index is -1.62. The van der Waals surface area contributed by atoms with Gasteiger partial charge < -0.3 is 9.64 Å². The van der Waals surface area contributed by atoms with Gasteiger partial charge in [0.15, 0.2) is 0 Å². The molecule has 0 fully saturated rings. The highest BCUT2D eigenvalue weighted by Gasteiger charge is 2.19. The fourth-order valence-electron chi connectivity index (χ4n) is 3.38. The van der Waals surface area contributed by atoms with Crippen molar-refractivity contribution in [2.24, 2.45) is 0 Å². The average Bonchev–Trinajstić information content (AvgIpc) is 3.36. The van der Waals surface area contributed by atoms with Crippen molar-refractivity contribution in [1.82, 2.24) is 19.1 Å². The van der Waals surface area contributed by atoms with Gasteiger partial charge in [0.25, 0.3) is 11.2 Å². The van der Waals surface area contributed by atoms with E-state index in [-0.39, 0.29) is 0 Å². The number of nitrogens with zero attached hydrogens (tertiary/aromatic N) is 5. The SMILES string of the molecule is COc1cccc(-c2ccc(N(c3ccc(CN(C)C)cc3)S(=O)n3cncn3)cc2)c1. The van der Waals surface area contributed by atoms with Crippen LogP contribution in [0.4, 0.5) is 11.4 Å². The van der Waals surface area contributed by atoms with Crippen molar-refractivity contribution in [3.63, 3.8) is 0 Å². The van der Waals surface area contributed by atoms with Crippen LogP contribution in [0.1, 0.15) is 5.56 Å². The first-order valence-electron chi connectivity index (χ1n) is 10.1. The van der Waals surface area contributed by atoms with E-state index in [0.717, 1.165) is 34.8 Å². The van der Waals surface area contributed by atoms with E-state index in [1.54, 1.807) is 11.4 Å². The molecule has 1 heterocycles. The molecule has 0 aliphatic heterocycles. The molecule has 0 radical (unpaired) electrons. The van der Waals surface area contributed by atoms with Gasteiger partial charge in [-0.05, 0) is 67.2 Å². The van der Waals surface area contributed by atoms with Gasteiger partial charge in [-0.2, -0.15) is 0 Å². The molecule has 8 heteroatoms. The minimum absolute atomic E-state index is 0.783. The Hall–Kier alpha value is -3.49. The molecule has 1 atom stereocenters. The summed E-state index contributed by atoms with van der Waals surface area (Å²) in [5.41, 5.74) is 4.85. The summed E-state index contributed by atoms with van der Waals surface area (Å²) in [6.07, 6.45) is 2.83. The monoisotopic (exact) mass is 447 g/mol. The second kappa shape index (κ2) is 9.76. The summed E-state index contributed by atoms with van der Waals surface area (Å²) in [6.45, 7) is 0.835. The lowest BCUT2D eigenvalue weighted by atomic mass is 10.1. The zero-order chi connectivity index (χ0) is 22.5. The van der Waals surface area contributed by atoms with Crippen molar-refractivity contribution in [2.45, 2.75) is 6.54 Å². The molecule has 4 rings (SSSR count). The molecule has 0 bridgehead atoms. The summed E-state index contributed by atoms with van der Waals surface area (Å²) >= 11 is -1.62. The summed E-state index contributed by atoms with van der Waals surface area (Å²) in [5, 5.41) is 4.07. The first-order chi connectivity index (χ1) is 15.5. The maximum atomic E-state index is 13.4. The van der Waals surface area contributed by atoms with Crippen molar-refractivity contribution < 1.29 is 8.95 Å². The van der Waals surface area contributed by atoms with Crippen LogP contribution in [0.15, 0.2) is 85.5 Å². The van der Waals surface area contributed by atoms with Gasteiger partial charge in [-0.1, -0.05) is 36.4 Å². The summed E-state index contributed by atoms with van der Waals surface area (Å²) in [4.78, 5) is 6.05. The molecule has 1 aromatic heterocycles. The second-order valence-corrected chi connectivity index (χ2v) is 8.71. The normalized spacial score (nSPS) is 12.0. The highest BCUT2D eigenvalue weighted by molar-refractivity contribution is 7.85. The van der Waals surface area contributed by atoms with Gasteiger partial charge in [0.2, 0.25) is 0 Å². The molecule has 0 amide bonds. The Morgan fingerprint density at radius 3 is 2.22 bits per heavy atom. The van der Waals surface area contributed by atoms with E-state index < -0.39 is 11.2 Å². The summed E-state index contributed by atoms with van der Waals surface area (Å²) in [6, 6.07) is 23.9. The number of benzene rings is 3. The van der Waals surface area contributed by atoms with E-state index in [9.17, 15) is 4.21 Å². The lowest BCUT2D eigenvalue weighted by Gasteiger charge is -2.23. The van der Waals surface area contributed by atoms with Crippen LogP contribution in [-0.4, -0.2) is 44.5 Å². The molecule has 0 aliphatic carbocycles. The van der Waals surface area contributed by atoms with E-state index in [1.807, 2.05) is 86.9 Å². The summed E-state index contributed by atoms with van der Waals surface area (Å²) in [5.74, 6) is 0.804. The molecule has 0 N–H and O–H groups in total. The lowest BCUT2D eigenvalue weighted by Crippen LogP contribution is -2.26. The Balaban J connectivity index is 1.69. The third-order valence-electron chi connectivity index (χ3n) is 4.89. The predicted octanol–water partition coefficient (Wildman–Crippen LogP) is 4.28. The number of ether oxygens (including phenoxy) is 1. The highest BCUT2D eigenvalue weighted by Crippen LogP contribution is 2.31. The van der Waals surface area contributed by atoms with Gasteiger partial charge in [0, 0.05) is 6.54 Å². The number of anilines is 2. The Morgan fingerprint density at radius 1 is 0.938 bits per heavy atom. The first-order valence-corrected chi connectivity index (χ1v) is 11.2. The van der Waals surface area contributed by atoms with Gasteiger partial charge in [-0.15, -0.1) is 9.19 Å². The van der Waals surface area contributed by atoms with Gasteiger partial charge in [-0.3, -0.25) is 0 Å². The molecule has 32 heavy (non-hydrogen) atoms. The van der Waals surface area contributed by atoms with Crippen molar-refractivity contribution in [3.05, 3.63) is 91.0 Å². The highest BCUT2D eigenvalue weighted by atomic mass is 32.2. The summed E-state index contributed by atoms with van der Waals surface area (Å²) in [7, 11) is 5.72. The Bertz CT molecular complexity index is 1180. The van der Waals surface area contributed by atoms with Crippen LogP contribution in [0, 0.1) is 0 Å². The van der Waals surface area contributed by atoms with Crippen LogP contribution in [0.25, 0.3) is 11.1 Å². The molecule has 3 aromatic carbocycles. The number of rotatable bonds is 8. The van der Waals surface area contributed by atoms with E-state index >= 15 is 0 Å². The molecule has 0 saturated heterocycles. The topological polar surface area (TPSA) is 63.5 Å². The summed E-state index contributed by atoms with van der Waals surface area (Å²) < 4.78 is 21.8. The van der Waals surface area contributed by atoms with Crippen LogP contribution in [0.2, 0.25) is 0 Å². The maximum absolute atomic E-state index is 13.4. The first kappa shape index (κ1) is 21.7. The second-order valence-electron chi connectivity index (χ2n) is 7.51. The fraction of sp³-hybridized carbons (Fsp3) is 0.167. The standard InChI is InChI=1S/C24H25N5O2S/c1-27(2)16-19-7-11-22(12-8-19)29(32(30)28-18-25-17-26-28)23-13-9-20(10-14-23)21-5-4-6-24(15-21)31-3/h4-15,17-18H,16H2,1-3H3. The molecule has 0 spiro atoms. The Kier molecular flexibility index (Phi) is 6.63. The number of methoxy groups -OCH3 is 1. The Labute approximate surface area is 190 Å². The van der Waals surface area contributed by atoms with Gasteiger partial charge >= 0.3 is 0 Å². The molecule has 164 valence electrons. The van der Waals surface area contributed by atoms with Crippen molar-refractivity contribution >= 4 is 22.5 Å². The van der Waals surface area contributed by atoms with Crippen LogP contribution in [0.5, 0.6) is 5.75 Å². The Morgan fingerprint density at radius 2 is 1.62 bits per heavy atom. The number of hydrogen-bond acceptors (Lipinski definition) is 5. The smallest absolute Gasteiger partial charge is 0.252 e. The molecule has 1 unspecified atom stereocenters. The van der Waals surface area contributed by atoms with Crippen LogP contribution < -0.4 is 9.04 Å². The maximum Gasteiger partial charge on any atom is 0.252 e. The minimum Gasteiger partial charge on any atom is -0.497 e. The molecular formula is C24H25N5O2S. The van der Waals surface area contributed by atoms with E-state index in [2.05, 4.69) is 15.0 Å². The zero-order valence-electron chi connectivity index (χ0n) is 18.3. The quantitative estimate of drug-likeness (QED) is 0.403. The van der Waals surface area contributed by atoms with E-state index in [0.29, 0.717) is 0 Å².